The molecule has 0 unspecified atom stereocenters. The van der Waals surface area contributed by atoms with E-state index >= 15 is 0 Å². The summed E-state index contributed by atoms with van der Waals surface area (Å²) < 4.78 is 19.8. The lowest BCUT2D eigenvalue weighted by molar-refractivity contribution is 0.139. The van der Waals surface area contributed by atoms with E-state index in [1.807, 2.05) is 6.92 Å². The van der Waals surface area contributed by atoms with E-state index in [1.54, 1.807) is 35.9 Å². The standard InChI is InChI=1S/C18H20FN3O2S/c1-13-10-22-17(23)9-16(20-18(22)25-13)12-21(7-8-24-2)11-14-3-5-15(19)6-4-14/h3-6,9-10H,7-8,11-12H2,1-2H3. The highest BCUT2D eigenvalue weighted by atomic mass is 32.1. The molecule has 0 atom stereocenters. The van der Waals surface area contributed by atoms with Gasteiger partial charge < -0.3 is 4.74 Å². The summed E-state index contributed by atoms with van der Waals surface area (Å²) in [5.41, 5.74) is 1.66. The Kier molecular flexibility index (Phi) is 5.57. The van der Waals surface area contributed by atoms with Gasteiger partial charge in [0, 0.05) is 43.9 Å². The lowest BCUT2D eigenvalue weighted by Crippen LogP contribution is -2.28. The molecule has 5 nitrogen and oxygen atoms in total. The largest absolute Gasteiger partial charge is 0.383 e. The summed E-state index contributed by atoms with van der Waals surface area (Å²) in [5, 5.41) is 0. The summed E-state index contributed by atoms with van der Waals surface area (Å²) in [6, 6.07) is 8.01. The molecule has 2 heterocycles. The van der Waals surface area contributed by atoms with Crippen molar-refractivity contribution in [1.82, 2.24) is 14.3 Å². The number of halogens is 1. The Hall–Kier alpha value is -2.09. The van der Waals surface area contributed by atoms with Gasteiger partial charge in [-0.3, -0.25) is 14.1 Å². The zero-order valence-corrected chi connectivity index (χ0v) is 15.1. The number of benzene rings is 1. The number of aromatic nitrogens is 2. The minimum atomic E-state index is -0.250. The van der Waals surface area contributed by atoms with Crippen LogP contribution in [0.5, 0.6) is 0 Å². The molecular formula is C18H20FN3O2S. The Morgan fingerprint density at radius 3 is 2.76 bits per heavy atom. The van der Waals surface area contributed by atoms with Crippen LogP contribution in [0, 0.1) is 12.7 Å². The van der Waals surface area contributed by atoms with Crippen LogP contribution >= 0.6 is 11.3 Å². The highest BCUT2D eigenvalue weighted by Crippen LogP contribution is 2.15. The number of fused-ring (bicyclic) bond motifs is 1. The summed E-state index contributed by atoms with van der Waals surface area (Å²) in [4.78, 5) is 20.7. The number of hydrogen-bond acceptors (Lipinski definition) is 5. The van der Waals surface area contributed by atoms with E-state index in [1.165, 1.54) is 23.5 Å². The van der Waals surface area contributed by atoms with Crippen molar-refractivity contribution in [3.8, 4) is 0 Å². The summed E-state index contributed by atoms with van der Waals surface area (Å²) >= 11 is 1.50. The topological polar surface area (TPSA) is 46.8 Å². The predicted octanol–water partition coefficient (Wildman–Crippen LogP) is 2.85. The number of nitrogens with zero attached hydrogens (tertiary/aromatic N) is 3. The van der Waals surface area contributed by atoms with Crippen LogP contribution in [0.1, 0.15) is 16.1 Å². The fourth-order valence-corrected chi connectivity index (χ4v) is 3.50. The van der Waals surface area contributed by atoms with Crippen LogP contribution in [0.4, 0.5) is 4.39 Å². The lowest BCUT2D eigenvalue weighted by atomic mass is 10.2. The molecule has 0 aliphatic carbocycles. The summed E-state index contributed by atoms with van der Waals surface area (Å²) in [5.74, 6) is -0.250. The molecule has 3 rings (SSSR count). The van der Waals surface area contributed by atoms with Gasteiger partial charge in [-0.1, -0.05) is 12.1 Å². The van der Waals surface area contributed by atoms with Crippen LogP contribution in [0.25, 0.3) is 4.96 Å². The van der Waals surface area contributed by atoms with Gasteiger partial charge >= 0.3 is 0 Å². The molecule has 2 aromatic heterocycles. The van der Waals surface area contributed by atoms with Gasteiger partial charge in [0.05, 0.1) is 12.3 Å². The van der Waals surface area contributed by atoms with Crippen LogP contribution in [0.2, 0.25) is 0 Å². The molecule has 0 spiro atoms. The number of methoxy groups -OCH3 is 1. The van der Waals surface area contributed by atoms with Gasteiger partial charge in [-0.25, -0.2) is 9.37 Å². The Balaban J connectivity index is 1.81. The average Bonchev–Trinajstić information content (AvgIpc) is 2.95. The van der Waals surface area contributed by atoms with E-state index in [2.05, 4.69) is 9.88 Å². The van der Waals surface area contributed by atoms with Crippen LogP contribution in [-0.4, -0.2) is 34.5 Å². The molecule has 0 fully saturated rings. The fourth-order valence-electron chi connectivity index (χ4n) is 2.65. The normalized spacial score (nSPS) is 11.5. The molecule has 0 aliphatic heterocycles. The highest BCUT2D eigenvalue weighted by molar-refractivity contribution is 7.16. The highest BCUT2D eigenvalue weighted by Gasteiger charge is 2.11. The van der Waals surface area contributed by atoms with E-state index in [-0.39, 0.29) is 11.4 Å². The first-order valence-corrected chi connectivity index (χ1v) is 8.81. The van der Waals surface area contributed by atoms with Crippen molar-refractivity contribution in [2.75, 3.05) is 20.3 Å². The maximum atomic E-state index is 13.1. The Bertz CT molecular complexity index is 905. The minimum absolute atomic E-state index is 0.0715. The average molecular weight is 361 g/mol. The zero-order chi connectivity index (χ0) is 17.8. The predicted molar refractivity (Wildman–Crippen MR) is 96.5 cm³/mol. The number of hydrogen-bond donors (Lipinski definition) is 0. The van der Waals surface area contributed by atoms with Crippen LogP contribution < -0.4 is 5.56 Å². The molecular weight excluding hydrogens is 341 g/mol. The molecule has 0 bridgehead atoms. The quantitative estimate of drug-likeness (QED) is 0.649. The molecule has 25 heavy (non-hydrogen) atoms. The molecule has 0 saturated carbocycles. The van der Waals surface area contributed by atoms with Crippen LogP contribution in [0.3, 0.4) is 0 Å². The molecule has 7 heteroatoms. The molecule has 132 valence electrons. The van der Waals surface area contributed by atoms with Crippen molar-refractivity contribution in [1.29, 1.82) is 0 Å². The number of aryl methyl sites for hydroxylation is 1. The van der Waals surface area contributed by atoms with Gasteiger partial charge in [0.15, 0.2) is 4.96 Å². The van der Waals surface area contributed by atoms with Gasteiger partial charge in [-0.15, -0.1) is 11.3 Å². The number of rotatable bonds is 7. The maximum absolute atomic E-state index is 13.1. The Morgan fingerprint density at radius 1 is 1.28 bits per heavy atom. The van der Waals surface area contributed by atoms with Gasteiger partial charge in [0.2, 0.25) is 0 Å². The van der Waals surface area contributed by atoms with Crippen LogP contribution in [0.15, 0.2) is 41.3 Å². The summed E-state index contributed by atoms with van der Waals surface area (Å²) in [6.45, 7) is 4.38. The fraction of sp³-hybridized carbons (Fsp3) is 0.333. The first-order chi connectivity index (χ1) is 12.0. The Morgan fingerprint density at radius 2 is 2.04 bits per heavy atom. The van der Waals surface area contributed by atoms with E-state index in [0.717, 1.165) is 16.1 Å². The van der Waals surface area contributed by atoms with Crippen molar-refractivity contribution in [2.45, 2.75) is 20.0 Å². The SMILES string of the molecule is COCCN(Cc1ccc(F)cc1)Cc1cc(=O)n2cc(C)sc2n1. The molecule has 0 aliphatic rings. The van der Waals surface area contributed by atoms with Gasteiger partial charge in [-0.05, 0) is 24.6 Å². The molecule has 0 N–H and O–H groups in total. The van der Waals surface area contributed by atoms with Crippen molar-refractivity contribution in [3.05, 3.63) is 68.8 Å². The van der Waals surface area contributed by atoms with Crippen molar-refractivity contribution in [3.63, 3.8) is 0 Å². The van der Waals surface area contributed by atoms with E-state index in [4.69, 9.17) is 4.74 Å². The minimum Gasteiger partial charge on any atom is -0.383 e. The van der Waals surface area contributed by atoms with Crippen molar-refractivity contribution in [2.24, 2.45) is 0 Å². The molecule has 0 radical (unpaired) electrons. The number of ether oxygens (including phenoxy) is 1. The Labute approximate surface area is 149 Å². The maximum Gasteiger partial charge on any atom is 0.258 e. The molecule has 0 amide bonds. The first-order valence-electron chi connectivity index (χ1n) is 7.99. The van der Waals surface area contributed by atoms with Crippen molar-refractivity contribution >= 4 is 16.3 Å². The van der Waals surface area contributed by atoms with Gasteiger partial charge in [0.1, 0.15) is 5.82 Å². The third-order valence-corrected chi connectivity index (χ3v) is 4.75. The summed E-state index contributed by atoms with van der Waals surface area (Å²) in [7, 11) is 1.65. The summed E-state index contributed by atoms with van der Waals surface area (Å²) in [6.07, 6.45) is 1.81. The second kappa shape index (κ2) is 7.86. The van der Waals surface area contributed by atoms with E-state index in [9.17, 15) is 9.18 Å². The van der Waals surface area contributed by atoms with Gasteiger partial charge in [0.25, 0.3) is 5.56 Å². The smallest absolute Gasteiger partial charge is 0.258 e. The number of thiazole rings is 1. The third kappa shape index (κ3) is 4.50. The molecule has 0 saturated heterocycles. The van der Waals surface area contributed by atoms with Crippen molar-refractivity contribution < 1.29 is 9.13 Å². The van der Waals surface area contributed by atoms with Crippen LogP contribution in [-0.2, 0) is 17.8 Å². The van der Waals surface area contributed by atoms with E-state index < -0.39 is 0 Å². The third-order valence-electron chi connectivity index (χ3n) is 3.85. The second-order valence-corrected chi connectivity index (χ2v) is 7.12. The van der Waals surface area contributed by atoms with Gasteiger partial charge in [-0.2, -0.15) is 0 Å². The lowest BCUT2D eigenvalue weighted by Gasteiger charge is -2.21. The molecule has 3 aromatic rings. The zero-order valence-electron chi connectivity index (χ0n) is 14.2. The van der Waals surface area contributed by atoms with E-state index in [0.29, 0.717) is 31.2 Å². The first kappa shape index (κ1) is 17.7. The monoisotopic (exact) mass is 361 g/mol. The second-order valence-electron chi connectivity index (χ2n) is 5.91. The molecule has 1 aromatic carbocycles.